The highest BCUT2D eigenvalue weighted by Crippen LogP contribution is 2.27. The summed E-state index contributed by atoms with van der Waals surface area (Å²) in [6.07, 6.45) is 1.83. The third kappa shape index (κ3) is 2.34. The van der Waals surface area contributed by atoms with Gasteiger partial charge in [0.05, 0.1) is 17.6 Å². The zero-order valence-electron chi connectivity index (χ0n) is 10.5. The Bertz CT molecular complexity index is 702. The van der Waals surface area contributed by atoms with Gasteiger partial charge in [-0.2, -0.15) is 5.10 Å². The normalized spacial score (nSPS) is 10.6. The van der Waals surface area contributed by atoms with Crippen LogP contribution >= 0.6 is 15.9 Å². The molecular formula is C16H13BrN2. The van der Waals surface area contributed by atoms with E-state index in [1.807, 2.05) is 35.1 Å². The van der Waals surface area contributed by atoms with Crippen molar-refractivity contribution in [1.29, 1.82) is 0 Å². The monoisotopic (exact) mass is 312 g/mol. The van der Waals surface area contributed by atoms with Crippen LogP contribution in [0.25, 0.3) is 16.9 Å². The lowest BCUT2D eigenvalue weighted by Crippen LogP contribution is -2.00. The Morgan fingerprint density at radius 1 is 1.00 bits per heavy atom. The Hall–Kier alpha value is -1.87. The molecule has 3 heteroatoms. The van der Waals surface area contributed by atoms with Gasteiger partial charge in [0.25, 0.3) is 0 Å². The van der Waals surface area contributed by atoms with Crippen LogP contribution in [-0.2, 0) is 0 Å². The van der Waals surface area contributed by atoms with Crippen LogP contribution in [-0.4, -0.2) is 9.78 Å². The fourth-order valence-corrected chi connectivity index (χ4v) is 2.77. The van der Waals surface area contributed by atoms with Crippen molar-refractivity contribution in [1.82, 2.24) is 9.78 Å². The Kier molecular flexibility index (Phi) is 3.22. The van der Waals surface area contributed by atoms with Gasteiger partial charge >= 0.3 is 0 Å². The average Bonchev–Trinajstić information content (AvgIpc) is 2.89. The Morgan fingerprint density at radius 3 is 2.53 bits per heavy atom. The van der Waals surface area contributed by atoms with E-state index >= 15 is 0 Å². The number of aryl methyl sites for hydroxylation is 1. The standard InChI is InChI=1S/C16H13BrN2/c1-12-7-8-16(14(17)11-12)19-15(9-10-18-19)13-5-3-2-4-6-13/h2-11H,1H3. The van der Waals surface area contributed by atoms with Gasteiger partial charge in [0.2, 0.25) is 0 Å². The molecular weight excluding hydrogens is 300 g/mol. The molecule has 19 heavy (non-hydrogen) atoms. The van der Waals surface area contributed by atoms with E-state index in [1.165, 1.54) is 5.56 Å². The Morgan fingerprint density at radius 2 is 1.79 bits per heavy atom. The number of aromatic nitrogens is 2. The molecule has 0 saturated carbocycles. The first-order valence-corrected chi connectivity index (χ1v) is 6.91. The maximum atomic E-state index is 4.44. The third-order valence-corrected chi connectivity index (χ3v) is 3.68. The van der Waals surface area contributed by atoms with E-state index in [2.05, 4.69) is 58.3 Å². The molecule has 0 aliphatic heterocycles. The molecule has 3 aromatic rings. The first-order chi connectivity index (χ1) is 9.25. The highest BCUT2D eigenvalue weighted by molar-refractivity contribution is 9.10. The SMILES string of the molecule is Cc1ccc(-n2nccc2-c2ccccc2)c(Br)c1. The van der Waals surface area contributed by atoms with Gasteiger partial charge in [-0.25, -0.2) is 4.68 Å². The van der Waals surface area contributed by atoms with E-state index in [9.17, 15) is 0 Å². The molecule has 1 heterocycles. The summed E-state index contributed by atoms with van der Waals surface area (Å²) in [6, 6.07) is 18.6. The summed E-state index contributed by atoms with van der Waals surface area (Å²) in [7, 11) is 0. The van der Waals surface area contributed by atoms with Crippen LogP contribution in [0.5, 0.6) is 0 Å². The lowest BCUT2D eigenvalue weighted by molar-refractivity contribution is 0.883. The van der Waals surface area contributed by atoms with Crippen molar-refractivity contribution >= 4 is 15.9 Å². The lowest BCUT2D eigenvalue weighted by atomic mass is 10.1. The van der Waals surface area contributed by atoms with Crippen LogP contribution in [0.1, 0.15) is 5.56 Å². The van der Waals surface area contributed by atoms with E-state index in [0.717, 1.165) is 21.4 Å². The van der Waals surface area contributed by atoms with Crippen LogP contribution in [0.4, 0.5) is 0 Å². The number of hydrogen-bond donors (Lipinski definition) is 0. The Balaban J connectivity index is 2.15. The van der Waals surface area contributed by atoms with Crippen LogP contribution in [0.2, 0.25) is 0 Å². The molecule has 3 rings (SSSR count). The second-order valence-electron chi connectivity index (χ2n) is 4.45. The van der Waals surface area contributed by atoms with Crippen LogP contribution in [0.15, 0.2) is 65.3 Å². The summed E-state index contributed by atoms with van der Waals surface area (Å²) < 4.78 is 3.01. The van der Waals surface area contributed by atoms with Gasteiger partial charge in [-0.05, 0) is 46.6 Å². The summed E-state index contributed by atoms with van der Waals surface area (Å²) in [5.41, 5.74) is 4.52. The molecule has 94 valence electrons. The minimum absolute atomic E-state index is 1.05. The second-order valence-corrected chi connectivity index (χ2v) is 5.30. The highest BCUT2D eigenvalue weighted by atomic mass is 79.9. The van der Waals surface area contributed by atoms with Gasteiger partial charge in [0.15, 0.2) is 0 Å². The van der Waals surface area contributed by atoms with Crippen LogP contribution < -0.4 is 0 Å². The highest BCUT2D eigenvalue weighted by Gasteiger charge is 2.09. The van der Waals surface area contributed by atoms with Crippen molar-refractivity contribution in [2.45, 2.75) is 6.92 Å². The first-order valence-electron chi connectivity index (χ1n) is 6.12. The summed E-state index contributed by atoms with van der Waals surface area (Å²) >= 11 is 3.61. The number of rotatable bonds is 2. The van der Waals surface area contributed by atoms with Crippen LogP contribution in [0, 0.1) is 6.92 Å². The van der Waals surface area contributed by atoms with Gasteiger partial charge in [-0.1, -0.05) is 36.4 Å². The number of hydrogen-bond acceptors (Lipinski definition) is 1. The van der Waals surface area contributed by atoms with E-state index in [-0.39, 0.29) is 0 Å². The fourth-order valence-electron chi connectivity index (χ4n) is 2.11. The topological polar surface area (TPSA) is 17.8 Å². The molecule has 0 atom stereocenters. The molecule has 1 aromatic heterocycles. The van der Waals surface area contributed by atoms with Crippen molar-refractivity contribution in [2.75, 3.05) is 0 Å². The molecule has 0 bridgehead atoms. The molecule has 0 N–H and O–H groups in total. The summed E-state index contributed by atoms with van der Waals surface area (Å²) in [4.78, 5) is 0. The van der Waals surface area contributed by atoms with Crippen molar-refractivity contribution < 1.29 is 0 Å². The summed E-state index contributed by atoms with van der Waals surface area (Å²) in [6.45, 7) is 2.08. The van der Waals surface area contributed by atoms with Crippen molar-refractivity contribution in [3.63, 3.8) is 0 Å². The second kappa shape index (κ2) is 5.02. The minimum Gasteiger partial charge on any atom is -0.232 e. The van der Waals surface area contributed by atoms with E-state index < -0.39 is 0 Å². The van der Waals surface area contributed by atoms with Gasteiger partial charge in [0.1, 0.15) is 0 Å². The lowest BCUT2D eigenvalue weighted by Gasteiger charge is -2.10. The molecule has 0 radical (unpaired) electrons. The predicted octanol–water partition coefficient (Wildman–Crippen LogP) is 4.61. The molecule has 0 unspecified atom stereocenters. The van der Waals surface area contributed by atoms with Crippen molar-refractivity contribution in [2.24, 2.45) is 0 Å². The third-order valence-electron chi connectivity index (χ3n) is 3.04. The van der Waals surface area contributed by atoms with E-state index in [0.29, 0.717) is 0 Å². The predicted molar refractivity (Wildman–Crippen MR) is 81.4 cm³/mol. The number of halogens is 1. The summed E-state index contributed by atoms with van der Waals surface area (Å²) in [5, 5.41) is 4.44. The van der Waals surface area contributed by atoms with Gasteiger partial charge in [-0.3, -0.25) is 0 Å². The van der Waals surface area contributed by atoms with Crippen molar-refractivity contribution in [3.8, 4) is 16.9 Å². The maximum Gasteiger partial charge on any atom is 0.0795 e. The molecule has 0 amide bonds. The number of benzene rings is 2. The molecule has 0 aliphatic carbocycles. The Labute approximate surface area is 120 Å². The zero-order chi connectivity index (χ0) is 13.2. The van der Waals surface area contributed by atoms with E-state index in [1.54, 1.807) is 0 Å². The molecule has 0 saturated heterocycles. The zero-order valence-corrected chi connectivity index (χ0v) is 12.1. The molecule has 2 nitrogen and oxygen atoms in total. The smallest absolute Gasteiger partial charge is 0.0795 e. The van der Waals surface area contributed by atoms with Crippen LogP contribution in [0.3, 0.4) is 0 Å². The van der Waals surface area contributed by atoms with Gasteiger partial charge in [-0.15, -0.1) is 0 Å². The largest absolute Gasteiger partial charge is 0.232 e. The average molecular weight is 313 g/mol. The number of nitrogens with zero attached hydrogens (tertiary/aromatic N) is 2. The summed E-state index contributed by atoms with van der Waals surface area (Å²) in [5.74, 6) is 0. The quantitative estimate of drug-likeness (QED) is 0.675. The molecule has 2 aromatic carbocycles. The molecule has 0 aliphatic rings. The molecule has 0 fully saturated rings. The van der Waals surface area contributed by atoms with Gasteiger partial charge in [0, 0.05) is 10.0 Å². The molecule has 0 spiro atoms. The van der Waals surface area contributed by atoms with Gasteiger partial charge < -0.3 is 0 Å². The maximum absolute atomic E-state index is 4.44. The van der Waals surface area contributed by atoms with Crippen molar-refractivity contribution in [3.05, 3.63) is 70.8 Å². The first kappa shape index (κ1) is 12.2. The minimum atomic E-state index is 1.05. The fraction of sp³-hybridized carbons (Fsp3) is 0.0625. The van der Waals surface area contributed by atoms with E-state index in [4.69, 9.17) is 0 Å².